The van der Waals surface area contributed by atoms with E-state index in [-0.39, 0.29) is 17.7 Å². The third-order valence-electron chi connectivity index (χ3n) is 5.23. The molecule has 1 aliphatic heterocycles. The molecular weight excluding hydrogens is 394 g/mol. The number of aryl methyl sites for hydroxylation is 2. The number of aromatic nitrogens is 1. The van der Waals surface area contributed by atoms with Crippen LogP contribution in [0.4, 0.5) is 0 Å². The smallest absolute Gasteiger partial charge is 0.251 e. The van der Waals surface area contributed by atoms with Crippen molar-refractivity contribution in [1.29, 1.82) is 0 Å². The number of rotatable bonds is 7. The fraction of sp³-hybridized carbons (Fsp3) is 0.500. The van der Waals surface area contributed by atoms with Crippen molar-refractivity contribution in [3.05, 3.63) is 46.8 Å². The zero-order chi connectivity index (χ0) is 21.0. The number of sulfonamides is 1. The number of ether oxygens (including phenoxy) is 1. The Morgan fingerprint density at radius 1 is 1.24 bits per heavy atom. The van der Waals surface area contributed by atoms with E-state index < -0.39 is 10.0 Å². The van der Waals surface area contributed by atoms with Gasteiger partial charge in [-0.05, 0) is 57.9 Å². The Kier molecular flexibility index (Phi) is 6.59. The summed E-state index contributed by atoms with van der Waals surface area (Å²) in [6, 6.07) is 6.91. The molecule has 0 spiro atoms. The van der Waals surface area contributed by atoms with Crippen molar-refractivity contribution >= 4 is 15.9 Å². The Bertz CT molecular complexity index is 925. The number of piperidine rings is 1. The Morgan fingerprint density at radius 3 is 2.45 bits per heavy atom. The lowest BCUT2D eigenvalue weighted by molar-refractivity contribution is 0.0924. The van der Waals surface area contributed by atoms with E-state index in [0.29, 0.717) is 43.9 Å². The van der Waals surface area contributed by atoms with Gasteiger partial charge in [-0.25, -0.2) is 12.7 Å². The first-order valence-corrected chi connectivity index (χ1v) is 11.3. The number of nitrogens with one attached hydrogen (secondary N) is 1. The standard InChI is InChI=1S/C20H27N3O5S/c1-4-29(25,26)23-11-9-17(10-12-23)21-20(24)16-5-7-18(8-6-16)27-13-19-14(2)22-28-15(19)3/h5-8,17H,4,9-13H2,1-3H3,(H,21,24). The van der Waals surface area contributed by atoms with Crippen molar-refractivity contribution in [3.8, 4) is 5.75 Å². The van der Waals surface area contributed by atoms with Crippen LogP contribution in [0.15, 0.2) is 28.8 Å². The van der Waals surface area contributed by atoms with E-state index in [4.69, 9.17) is 9.26 Å². The van der Waals surface area contributed by atoms with Crippen LogP contribution in [0.1, 0.15) is 47.1 Å². The first-order valence-electron chi connectivity index (χ1n) is 9.73. The van der Waals surface area contributed by atoms with Gasteiger partial charge in [0.2, 0.25) is 10.0 Å². The summed E-state index contributed by atoms with van der Waals surface area (Å²) in [5.74, 6) is 1.32. The maximum absolute atomic E-state index is 12.5. The molecule has 0 atom stereocenters. The third-order valence-corrected chi connectivity index (χ3v) is 7.11. The lowest BCUT2D eigenvalue weighted by Crippen LogP contribution is -2.46. The second-order valence-corrected chi connectivity index (χ2v) is 9.42. The van der Waals surface area contributed by atoms with Gasteiger partial charge < -0.3 is 14.6 Å². The van der Waals surface area contributed by atoms with Crippen LogP contribution in [-0.4, -0.2) is 48.7 Å². The van der Waals surface area contributed by atoms with Crippen LogP contribution >= 0.6 is 0 Å². The number of benzene rings is 1. The highest BCUT2D eigenvalue weighted by Crippen LogP contribution is 2.19. The first-order chi connectivity index (χ1) is 13.8. The van der Waals surface area contributed by atoms with Gasteiger partial charge >= 0.3 is 0 Å². The molecule has 0 aliphatic carbocycles. The second-order valence-electron chi connectivity index (χ2n) is 7.16. The minimum atomic E-state index is -3.16. The van der Waals surface area contributed by atoms with Gasteiger partial charge in [0, 0.05) is 24.7 Å². The molecule has 1 amide bonds. The highest BCUT2D eigenvalue weighted by molar-refractivity contribution is 7.89. The van der Waals surface area contributed by atoms with Gasteiger partial charge in [-0.2, -0.15) is 0 Å². The summed E-state index contributed by atoms with van der Waals surface area (Å²) in [5, 5.41) is 6.89. The number of hydrogen-bond acceptors (Lipinski definition) is 6. The van der Waals surface area contributed by atoms with Gasteiger partial charge in [-0.15, -0.1) is 0 Å². The van der Waals surface area contributed by atoms with Crippen molar-refractivity contribution in [2.45, 2.75) is 46.3 Å². The highest BCUT2D eigenvalue weighted by Gasteiger charge is 2.27. The van der Waals surface area contributed by atoms with Gasteiger partial charge in [-0.1, -0.05) is 5.16 Å². The molecule has 0 unspecified atom stereocenters. The van der Waals surface area contributed by atoms with Crippen LogP contribution in [-0.2, 0) is 16.6 Å². The van der Waals surface area contributed by atoms with E-state index in [1.165, 1.54) is 4.31 Å². The fourth-order valence-corrected chi connectivity index (χ4v) is 4.43. The van der Waals surface area contributed by atoms with E-state index >= 15 is 0 Å². The summed E-state index contributed by atoms with van der Waals surface area (Å²) in [4.78, 5) is 12.5. The normalized spacial score (nSPS) is 16.0. The molecule has 0 bridgehead atoms. The monoisotopic (exact) mass is 421 g/mol. The summed E-state index contributed by atoms with van der Waals surface area (Å²) >= 11 is 0. The van der Waals surface area contributed by atoms with Gasteiger partial charge in [0.05, 0.1) is 17.0 Å². The van der Waals surface area contributed by atoms with Gasteiger partial charge in [0.1, 0.15) is 18.1 Å². The predicted octanol–water partition coefficient (Wildman–Crippen LogP) is 2.41. The molecule has 1 N–H and O–H groups in total. The molecule has 1 fully saturated rings. The van der Waals surface area contributed by atoms with Gasteiger partial charge in [-0.3, -0.25) is 4.79 Å². The van der Waals surface area contributed by atoms with E-state index in [9.17, 15) is 13.2 Å². The molecule has 29 heavy (non-hydrogen) atoms. The van der Waals surface area contributed by atoms with E-state index in [2.05, 4.69) is 10.5 Å². The molecule has 8 nitrogen and oxygen atoms in total. The minimum absolute atomic E-state index is 0.0266. The van der Waals surface area contributed by atoms with Crippen molar-refractivity contribution < 1.29 is 22.5 Å². The summed E-state index contributed by atoms with van der Waals surface area (Å²) in [6.45, 7) is 6.58. The molecule has 1 aromatic heterocycles. The summed E-state index contributed by atoms with van der Waals surface area (Å²) in [6.07, 6.45) is 1.23. The van der Waals surface area contributed by atoms with Crippen molar-refractivity contribution in [1.82, 2.24) is 14.8 Å². The van der Waals surface area contributed by atoms with Crippen molar-refractivity contribution in [2.75, 3.05) is 18.8 Å². The molecule has 1 aliphatic rings. The lowest BCUT2D eigenvalue weighted by Gasteiger charge is -2.31. The van der Waals surface area contributed by atoms with Crippen LogP contribution in [0.25, 0.3) is 0 Å². The average molecular weight is 422 g/mol. The van der Waals surface area contributed by atoms with Crippen molar-refractivity contribution in [3.63, 3.8) is 0 Å². The molecule has 2 aromatic rings. The average Bonchev–Trinajstić information content (AvgIpc) is 3.04. The molecule has 0 radical (unpaired) electrons. The van der Waals surface area contributed by atoms with E-state index in [1.807, 2.05) is 13.8 Å². The zero-order valence-corrected chi connectivity index (χ0v) is 17.8. The van der Waals surface area contributed by atoms with E-state index in [1.54, 1.807) is 31.2 Å². The Hall–Kier alpha value is -2.39. The summed E-state index contributed by atoms with van der Waals surface area (Å²) in [5.41, 5.74) is 2.26. The van der Waals surface area contributed by atoms with Crippen LogP contribution in [0.3, 0.4) is 0 Å². The maximum Gasteiger partial charge on any atom is 0.251 e. The molecular formula is C20H27N3O5S. The van der Waals surface area contributed by atoms with E-state index in [0.717, 1.165) is 17.0 Å². The van der Waals surface area contributed by atoms with Crippen LogP contribution in [0, 0.1) is 13.8 Å². The first kappa shape index (κ1) is 21.3. The number of carbonyl (C=O) groups is 1. The largest absolute Gasteiger partial charge is 0.489 e. The molecule has 9 heteroatoms. The van der Waals surface area contributed by atoms with Crippen LogP contribution in [0.2, 0.25) is 0 Å². The summed E-state index contributed by atoms with van der Waals surface area (Å²) < 4.78 is 36.2. The van der Waals surface area contributed by atoms with Crippen LogP contribution in [0.5, 0.6) is 5.75 Å². The highest BCUT2D eigenvalue weighted by atomic mass is 32.2. The molecule has 0 saturated carbocycles. The zero-order valence-electron chi connectivity index (χ0n) is 17.0. The summed E-state index contributed by atoms with van der Waals surface area (Å²) in [7, 11) is -3.16. The number of nitrogens with zero attached hydrogens (tertiary/aromatic N) is 2. The SMILES string of the molecule is CCS(=O)(=O)N1CCC(NC(=O)c2ccc(OCc3c(C)noc3C)cc2)CC1. The fourth-order valence-electron chi connectivity index (χ4n) is 3.30. The molecule has 2 heterocycles. The Morgan fingerprint density at radius 2 is 1.90 bits per heavy atom. The van der Waals surface area contributed by atoms with Gasteiger partial charge in [0.25, 0.3) is 5.91 Å². The predicted molar refractivity (Wildman–Crippen MR) is 108 cm³/mol. The Labute approximate surface area is 171 Å². The second kappa shape index (κ2) is 8.96. The quantitative estimate of drug-likeness (QED) is 0.737. The van der Waals surface area contributed by atoms with Gasteiger partial charge in [0.15, 0.2) is 0 Å². The molecule has 158 valence electrons. The molecule has 3 rings (SSSR count). The maximum atomic E-state index is 12.5. The number of carbonyl (C=O) groups excluding carboxylic acids is 1. The third kappa shape index (κ3) is 5.16. The molecule has 1 saturated heterocycles. The van der Waals surface area contributed by atoms with Crippen molar-refractivity contribution in [2.24, 2.45) is 0 Å². The topological polar surface area (TPSA) is 102 Å². The minimum Gasteiger partial charge on any atom is -0.489 e. The number of hydrogen-bond donors (Lipinski definition) is 1. The van der Waals surface area contributed by atoms with Crippen LogP contribution < -0.4 is 10.1 Å². The Balaban J connectivity index is 1.51. The number of amides is 1. The molecule has 1 aromatic carbocycles. The lowest BCUT2D eigenvalue weighted by atomic mass is 10.1.